The Labute approximate surface area is 161 Å². The van der Waals surface area contributed by atoms with Gasteiger partial charge < -0.3 is 5.32 Å². The molecule has 1 N–H and O–H groups in total. The molecule has 26 heavy (non-hydrogen) atoms. The molecule has 0 atom stereocenters. The molecule has 0 bridgehead atoms. The van der Waals surface area contributed by atoms with Gasteiger partial charge >= 0.3 is 0 Å². The maximum Gasteiger partial charge on any atom is 0.228 e. The predicted octanol–water partition coefficient (Wildman–Crippen LogP) is 5.41. The summed E-state index contributed by atoms with van der Waals surface area (Å²) in [6.07, 6.45) is 0.140. The maximum absolute atomic E-state index is 12.4. The summed E-state index contributed by atoms with van der Waals surface area (Å²) < 4.78 is 0. The lowest BCUT2D eigenvalue weighted by molar-refractivity contribution is -0.115. The lowest BCUT2D eigenvalue weighted by atomic mass is 10.0. The van der Waals surface area contributed by atoms with Crippen LogP contribution in [0.5, 0.6) is 0 Å². The molecular weight excluding hydrogens is 369 g/mol. The molecule has 0 unspecified atom stereocenters. The van der Waals surface area contributed by atoms with Crippen molar-refractivity contribution in [1.29, 1.82) is 0 Å². The van der Waals surface area contributed by atoms with Crippen molar-refractivity contribution in [2.45, 2.75) is 6.42 Å². The number of carbonyl (C=O) groups is 2. The first-order valence-corrected chi connectivity index (χ1v) is 8.72. The number of anilines is 1. The Morgan fingerprint density at radius 3 is 2.12 bits per heavy atom. The highest BCUT2D eigenvalue weighted by Gasteiger charge is 2.10. The first kappa shape index (κ1) is 18.2. The first-order chi connectivity index (χ1) is 12.5. The van der Waals surface area contributed by atoms with E-state index in [1.54, 1.807) is 54.6 Å². The maximum atomic E-state index is 12.4. The van der Waals surface area contributed by atoms with Gasteiger partial charge in [0.25, 0.3) is 0 Å². The van der Waals surface area contributed by atoms with Crippen LogP contribution in [0.25, 0.3) is 0 Å². The van der Waals surface area contributed by atoms with Gasteiger partial charge in [0.05, 0.1) is 6.42 Å². The molecule has 0 saturated carbocycles. The van der Waals surface area contributed by atoms with E-state index in [2.05, 4.69) is 5.32 Å². The molecule has 3 nitrogen and oxygen atoms in total. The van der Waals surface area contributed by atoms with Gasteiger partial charge in [-0.1, -0.05) is 59.6 Å². The van der Waals surface area contributed by atoms with Gasteiger partial charge in [-0.05, 0) is 42.0 Å². The summed E-state index contributed by atoms with van der Waals surface area (Å²) in [5, 5.41) is 3.78. The number of hydrogen-bond acceptors (Lipinski definition) is 2. The molecule has 130 valence electrons. The summed E-state index contributed by atoms with van der Waals surface area (Å²) in [5.41, 5.74) is 2.51. The monoisotopic (exact) mass is 383 g/mol. The van der Waals surface area contributed by atoms with E-state index in [0.717, 1.165) is 0 Å². The second kappa shape index (κ2) is 8.17. The average Bonchev–Trinajstić information content (AvgIpc) is 2.65. The Hall–Kier alpha value is -2.62. The highest BCUT2D eigenvalue weighted by molar-refractivity contribution is 6.35. The number of hydrogen-bond donors (Lipinski definition) is 1. The lowest BCUT2D eigenvalue weighted by Crippen LogP contribution is -2.14. The van der Waals surface area contributed by atoms with Crippen LogP contribution >= 0.6 is 23.2 Å². The van der Waals surface area contributed by atoms with Gasteiger partial charge in [0.2, 0.25) is 5.91 Å². The van der Waals surface area contributed by atoms with Gasteiger partial charge in [-0.3, -0.25) is 9.59 Å². The van der Waals surface area contributed by atoms with E-state index >= 15 is 0 Å². The quantitative estimate of drug-likeness (QED) is 0.599. The fraction of sp³-hybridized carbons (Fsp3) is 0.0476. The number of ketones is 1. The highest BCUT2D eigenvalue weighted by atomic mass is 35.5. The van der Waals surface area contributed by atoms with Crippen LogP contribution in [-0.4, -0.2) is 11.7 Å². The van der Waals surface area contributed by atoms with Gasteiger partial charge in [-0.25, -0.2) is 0 Å². The minimum Gasteiger partial charge on any atom is -0.326 e. The zero-order valence-electron chi connectivity index (χ0n) is 13.7. The van der Waals surface area contributed by atoms with Gasteiger partial charge in [0.15, 0.2) is 5.78 Å². The van der Waals surface area contributed by atoms with E-state index in [4.69, 9.17) is 23.2 Å². The van der Waals surface area contributed by atoms with Crippen molar-refractivity contribution in [2.24, 2.45) is 0 Å². The second-order valence-electron chi connectivity index (χ2n) is 5.73. The van der Waals surface area contributed by atoms with Gasteiger partial charge in [-0.15, -0.1) is 0 Å². The van der Waals surface area contributed by atoms with E-state index in [1.807, 2.05) is 18.2 Å². The Morgan fingerprint density at radius 2 is 1.46 bits per heavy atom. The Balaban J connectivity index is 1.65. The van der Waals surface area contributed by atoms with Crippen LogP contribution in [0.1, 0.15) is 21.5 Å². The fourth-order valence-electron chi connectivity index (χ4n) is 2.50. The summed E-state index contributed by atoms with van der Waals surface area (Å²) in [5.74, 6) is -0.257. The minimum absolute atomic E-state index is 0.0589. The fourth-order valence-corrected chi connectivity index (χ4v) is 2.98. The highest BCUT2D eigenvalue weighted by Crippen LogP contribution is 2.22. The molecule has 1 amide bonds. The third kappa shape index (κ3) is 4.51. The third-order valence-corrected chi connectivity index (χ3v) is 4.42. The SMILES string of the molecule is O=C(Cc1ccc(Cl)cc1Cl)Nc1ccc(C(=O)c2ccccc2)cc1. The van der Waals surface area contributed by atoms with E-state index < -0.39 is 0 Å². The molecule has 0 heterocycles. The average molecular weight is 384 g/mol. The van der Waals surface area contributed by atoms with Crippen LogP contribution in [-0.2, 0) is 11.2 Å². The molecule has 0 radical (unpaired) electrons. The topological polar surface area (TPSA) is 46.2 Å². The summed E-state index contributed by atoms with van der Waals surface area (Å²) in [4.78, 5) is 24.6. The molecule has 3 aromatic carbocycles. The molecule has 0 aliphatic rings. The van der Waals surface area contributed by atoms with Crippen molar-refractivity contribution in [3.05, 3.63) is 99.5 Å². The van der Waals surface area contributed by atoms with Crippen molar-refractivity contribution >= 4 is 40.6 Å². The number of nitrogens with one attached hydrogen (secondary N) is 1. The van der Waals surface area contributed by atoms with E-state index in [9.17, 15) is 9.59 Å². The minimum atomic E-state index is -0.198. The normalized spacial score (nSPS) is 10.4. The lowest BCUT2D eigenvalue weighted by Gasteiger charge is -2.08. The van der Waals surface area contributed by atoms with Crippen molar-refractivity contribution in [3.8, 4) is 0 Å². The third-order valence-electron chi connectivity index (χ3n) is 3.83. The number of benzene rings is 3. The molecule has 5 heteroatoms. The largest absolute Gasteiger partial charge is 0.326 e. The number of halogens is 2. The van der Waals surface area contributed by atoms with Gasteiger partial charge in [0.1, 0.15) is 0 Å². The van der Waals surface area contributed by atoms with Crippen LogP contribution in [0.2, 0.25) is 10.0 Å². The molecular formula is C21H15Cl2NO2. The van der Waals surface area contributed by atoms with Crippen LogP contribution in [0.15, 0.2) is 72.8 Å². The summed E-state index contributed by atoms with van der Waals surface area (Å²) in [6, 6.07) is 20.9. The van der Waals surface area contributed by atoms with E-state index in [-0.39, 0.29) is 18.1 Å². The second-order valence-corrected chi connectivity index (χ2v) is 6.58. The van der Waals surface area contributed by atoms with Crippen molar-refractivity contribution < 1.29 is 9.59 Å². The molecule has 0 aliphatic heterocycles. The van der Waals surface area contributed by atoms with Crippen LogP contribution in [0, 0.1) is 0 Å². The number of rotatable bonds is 5. The summed E-state index contributed by atoms with van der Waals surface area (Å²) in [6.45, 7) is 0. The standard InChI is InChI=1S/C21H15Cl2NO2/c22-17-9-6-16(19(23)13-17)12-20(25)24-18-10-7-15(8-11-18)21(26)14-4-2-1-3-5-14/h1-11,13H,12H2,(H,24,25). The predicted molar refractivity (Wildman–Crippen MR) is 105 cm³/mol. The number of amides is 1. The molecule has 0 saturated heterocycles. The van der Waals surface area contributed by atoms with Crippen LogP contribution in [0.4, 0.5) is 5.69 Å². The molecule has 0 aromatic heterocycles. The zero-order valence-corrected chi connectivity index (χ0v) is 15.2. The molecule has 0 spiro atoms. The first-order valence-electron chi connectivity index (χ1n) is 7.96. The van der Waals surface area contributed by atoms with E-state index in [1.165, 1.54) is 0 Å². The van der Waals surface area contributed by atoms with Crippen molar-refractivity contribution in [3.63, 3.8) is 0 Å². The smallest absolute Gasteiger partial charge is 0.228 e. The number of carbonyl (C=O) groups excluding carboxylic acids is 2. The van der Waals surface area contributed by atoms with Gasteiger partial charge in [-0.2, -0.15) is 0 Å². The molecule has 3 rings (SSSR count). The molecule has 0 fully saturated rings. The Morgan fingerprint density at radius 1 is 0.808 bits per heavy atom. The Bertz CT molecular complexity index is 938. The van der Waals surface area contributed by atoms with E-state index in [0.29, 0.717) is 32.4 Å². The summed E-state index contributed by atoms with van der Waals surface area (Å²) in [7, 11) is 0. The van der Waals surface area contributed by atoms with Crippen LogP contribution in [0.3, 0.4) is 0 Å². The van der Waals surface area contributed by atoms with Crippen LogP contribution < -0.4 is 5.32 Å². The Kier molecular flexibility index (Phi) is 5.71. The molecule has 3 aromatic rings. The summed E-state index contributed by atoms with van der Waals surface area (Å²) >= 11 is 11.9. The zero-order chi connectivity index (χ0) is 18.5. The van der Waals surface area contributed by atoms with Crippen molar-refractivity contribution in [2.75, 3.05) is 5.32 Å². The van der Waals surface area contributed by atoms with Gasteiger partial charge in [0, 0.05) is 26.9 Å². The van der Waals surface area contributed by atoms with Crippen molar-refractivity contribution in [1.82, 2.24) is 0 Å². The molecule has 0 aliphatic carbocycles.